The molecule has 0 saturated carbocycles. The van der Waals surface area contributed by atoms with E-state index in [2.05, 4.69) is 58.9 Å². The van der Waals surface area contributed by atoms with Crippen molar-refractivity contribution in [3.05, 3.63) is 41.0 Å². The van der Waals surface area contributed by atoms with Gasteiger partial charge in [0.05, 0.1) is 18.9 Å². The maximum absolute atomic E-state index is 9.54. The molecule has 0 saturated heterocycles. The lowest BCUT2D eigenvalue weighted by Crippen LogP contribution is -2.22. The van der Waals surface area contributed by atoms with Crippen LogP contribution < -0.4 is 0 Å². The first-order valence-electron chi connectivity index (χ1n) is 8.21. The van der Waals surface area contributed by atoms with Crippen LogP contribution >= 0.6 is 0 Å². The summed E-state index contributed by atoms with van der Waals surface area (Å²) >= 11 is 0. The van der Waals surface area contributed by atoms with Crippen molar-refractivity contribution in [2.45, 2.75) is 46.5 Å². The molecule has 0 spiro atoms. The highest BCUT2D eigenvalue weighted by Gasteiger charge is 2.36. The second kappa shape index (κ2) is 6.58. The minimum absolute atomic E-state index is 0.0488. The summed E-state index contributed by atoms with van der Waals surface area (Å²) in [6.45, 7) is 10.7. The van der Waals surface area contributed by atoms with Gasteiger partial charge in [0, 0.05) is 11.0 Å². The zero-order chi connectivity index (χ0) is 17.2. The van der Waals surface area contributed by atoms with Crippen molar-refractivity contribution in [1.29, 1.82) is 5.26 Å². The lowest BCUT2D eigenvalue weighted by molar-refractivity contribution is 0.351. The van der Waals surface area contributed by atoms with Crippen LogP contribution in [0.15, 0.2) is 34.8 Å². The lowest BCUT2D eigenvalue weighted by atomic mass is 9.82. The van der Waals surface area contributed by atoms with Crippen LogP contribution in [0.1, 0.15) is 52.2 Å². The summed E-state index contributed by atoms with van der Waals surface area (Å²) in [7, 11) is 1.60. The zero-order valence-corrected chi connectivity index (χ0v) is 15.0. The molecule has 0 aliphatic heterocycles. The molecular formula is C20H26N2O. The summed E-state index contributed by atoms with van der Waals surface area (Å²) in [6, 6.07) is 10.7. The molecule has 2 atom stereocenters. The van der Waals surface area contributed by atoms with E-state index in [0.29, 0.717) is 5.90 Å². The van der Waals surface area contributed by atoms with E-state index in [9.17, 15) is 5.26 Å². The van der Waals surface area contributed by atoms with Gasteiger partial charge in [-0.3, -0.25) is 0 Å². The van der Waals surface area contributed by atoms with Gasteiger partial charge in [0.25, 0.3) is 0 Å². The first kappa shape index (κ1) is 17.3. The van der Waals surface area contributed by atoms with Crippen molar-refractivity contribution in [2.75, 3.05) is 7.11 Å². The van der Waals surface area contributed by atoms with Crippen molar-refractivity contribution in [1.82, 2.24) is 0 Å². The summed E-state index contributed by atoms with van der Waals surface area (Å²) in [5.74, 6) is 0.411. The molecule has 0 radical (unpaired) electrons. The van der Waals surface area contributed by atoms with Crippen molar-refractivity contribution in [2.24, 2.45) is 16.8 Å². The number of fused-ring (bicyclic) bond motifs is 1. The molecule has 23 heavy (non-hydrogen) atoms. The van der Waals surface area contributed by atoms with Gasteiger partial charge in [-0.05, 0) is 24.0 Å². The Kier molecular flexibility index (Phi) is 4.94. The maximum Gasteiger partial charge on any atom is 0.206 e. The van der Waals surface area contributed by atoms with Crippen molar-refractivity contribution >= 4 is 11.6 Å². The van der Waals surface area contributed by atoms with Crippen LogP contribution in [-0.2, 0) is 10.2 Å². The van der Waals surface area contributed by atoms with Crippen LogP contribution in [0, 0.1) is 23.2 Å². The molecule has 2 unspecified atom stereocenters. The highest BCUT2D eigenvalue weighted by molar-refractivity contribution is 5.90. The number of methoxy groups -OCH3 is 1. The summed E-state index contributed by atoms with van der Waals surface area (Å²) in [4.78, 5) is 4.80. The van der Waals surface area contributed by atoms with Gasteiger partial charge in [0.2, 0.25) is 5.90 Å². The summed E-state index contributed by atoms with van der Waals surface area (Å²) in [6.07, 6.45) is 0.917. The van der Waals surface area contributed by atoms with E-state index >= 15 is 0 Å². The molecule has 3 heteroatoms. The van der Waals surface area contributed by atoms with Gasteiger partial charge in [0.15, 0.2) is 0 Å². The molecule has 0 aromatic heterocycles. The topological polar surface area (TPSA) is 45.4 Å². The SMILES string of the molecule is CCC(C)C(C#N)C(=NC1=C(C)C(C)(C)c2ccccc21)OC. The third-order valence-corrected chi connectivity index (χ3v) is 5.20. The largest absolute Gasteiger partial charge is 0.483 e. The Morgan fingerprint density at radius 2 is 2.00 bits per heavy atom. The van der Waals surface area contributed by atoms with Crippen LogP contribution in [0.4, 0.5) is 0 Å². The Morgan fingerprint density at radius 3 is 2.57 bits per heavy atom. The lowest BCUT2D eigenvalue weighted by Gasteiger charge is -2.21. The number of hydrogen-bond acceptors (Lipinski definition) is 3. The average Bonchev–Trinajstić information content (AvgIpc) is 2.75. The molecule has 0 bridgehead atoms. The van der Waals surface area contributed by atoms with Gasteiger partial charge in [-0.2, -0.15) is 5.26 Å². The number of nitriles is 1. The molecule has 3 nitrogen and oxygen atoms in total. The highest BCUT2D eigenvalue weighted by Crippen LogP contribution is 2.46. The van der Waals surface area contributed by atoms with E-state index in [1.807, 2.05) is 6.07 Å². The Bertz CT molecular complexity index is 692. The molecule has 0 fully saturated rings. The molecular weight excluding hydrogens is 284 g/mol. The fourth-order valence-electron chi connectivity index (χ4n) is 3.09. The third kappa shape index (κ3) is 2.91. The summed E-state index contributed by atoms with van der Waals surface area (Å²) in [5.41, 5.74) is 4.54. The Hall–Kier alpha value is -2.08. The molecule has 0 N–H and O–H groups in total. The second-order valence-corrected chi connectivity index (χ2v) is 6.79. The van der Waals surface area contributed by atoms with E-state index in [1.165, 1.54) is 11.1 Å². The molecule has 1 aromatic rings. The van der Waals surface area contributed by atoms with Crippen molar-refractivity contribution in [3.8, 4) is 6.07 Å². The van der Waals surface area contributed by atoms with Gasteiger partial charge in [0.1, 0.15) is 5.92 Å². The van der Waals surface area contributed by atoms with Gasteiger partial charge in [-0.25, -0.2) is 4.99 Å². The molecule has 1 aliphatic carbocycles. The van der Waals surface area contributed by atoms with Crippen LogP contribution in [0.5, 0.6) is 0 Å². The van der Waals surface area contributed by atoms with Crippen LogP contribution in [0.25, 0.3) is 5.70 Å². The fraction of sp³-hybridized carbons (Fsp3) is 0.500. The minimum atomic E-state index is -0.318. The second-order valence-electron chi connectivity index (χ2n) is 6.79. The zero-order valence-electron chi connectivity index (χ0n) is 15.0. The van der Waals surface area contributed by atoms with Crippen LogP contribution in [-0.4, -0.2) is 13.0 Å². The van der Waals surface area contributed by atoms with Crippen LogP contribution in [0.2, 0.25) is 0 Å². The quantitative estimate of drug-likeness (QED) is 0.584. The van der Waals surface area contributed by atoms with Gasteiger partial charge < -0.3 is 4.74 Å². The standard InChI is InChI=1S/C20H26N2O/c1-7-13(2)16(12-21)19(23-6)22-18-14(3)20(4,5)17-11-9-8-10-15(17)18/h8-11,13,16H,7H2,1-6H3. The molecule has 0 heterocycles. The molecule has 122 valence electrons. The first-order valence-corrected chi connectivity index (χ1v) is 8.21. The Balaban J connectivity index is 2.56. The smallest absolute Gasteiger partial charge is 0.206 e. The van der Waals surface area contributed by atoms with E-state index < -0.39 is 0 Å². The number of ether oxygens (including phenoxy) is 1. The highest BCUT2D eigenvalue weighted by atomic mass is 16.5. The van der Waals surface area contributed by atoms with E-state index in [1.54, 1.807) is 7.11 Å². The van der Waals surface area contributed by atoms with Gasteiger partial charge in [-0.15, -0.1) is 0 Å². The average molecular weight is 310 g/mol. The van der Waals surface area contributed by atoms with Crippen LogP contribution in [0.3, 0.4) is 0 Å². The van der Waals surface area contributed by atoms with E-state index in [-0.39, 0.29) is 17.3 Å². The number of rotatable bonds is 4. The molecule has 1 aromatic carbocycles. The monoisotopic (exact) mass is 310 g/mol. The maximum atomic E-state index is 9.54. The Labute approximate surface area is 139 Å². The number of allylic oxidation sites excluding steroid dienone is 1. The number of hydrogen-bond donors (Lipinski definition) is 0. The molecule has 0 amide bonds. The number of nitrogens with zero attached hydrogens (tertiary/aromatic N) is 2. The van der Waals surface area contributed by atoms with Crippen molar-refractivity contribution < 1.29 is 4.74 Å². The fourth-order valence-corrected chi connectivity index (χ4v) is 3.09. The molecule has 1 aliphatic rings. The normalized spacial score (nSPS) is 19.1. The summed E-state index contributed by atoms with van der Waals surface area (Å²) in [5, 5.41) is 9.54. The Morgan fingerprint density at radius 1 is 1.35 bits per heavy atom. The van der Waals surface area contributed by atoms with E-state index in [0.717, 1.165) is 17.7 Å². The third-order valence-electron chi connectivity index (χ3n) is 5.20. The predicted molar refractivity (Wildman–Crippen MR) is 95.1 cm³/mol. The summed E-state index contributed by atoms with van der Waals surface area (Å²) < 4.78 is 5.51. The molecule has 2 rings (SSSR count). The van der Waals surface area contributed by atoms with E-state index in [4.69, 9.17) is 9.73 Å². The number of benzene rings is 1. The van der Waals surface area contributed by atoms with Gasteiger partial charge in [-0.1, -0.05) is 58.4 Å². The van der Waals surface area contributed by atoms with Gasteiger partial charge >= 0.3 is 0 Å². The van der Waals surface area contributed by atoms with Crippen molar-refractivity contribution in [3.63, 3.8) is 0 Å². The number of aliphatic imine (C=N–C) groups is 1. The first-order chi connectivity index (χ1) is 10.9. The predicted octanol–water partition coefficient (Wildman–Crippen LogP) is 4.94. The minimum Gasteiger partial charge on any atom is -0.483 e.